The summed E-state index contributed by atoms with van der Waals surface area (Å²) in [5, 5.41) is 2.70. The van der Waals surface area contributed by atoms with Gasteiger partial charge in [0, 0.05) is 19.1 Å². The molecule has 1 N–H and O–H groups in total. The molecule has 1 aromatic carbocycles. The average molecular weight is 399 g/mol. The summed E-state index contributed by atoms with van der Waals surface area (Å²) in [6, 6.07) is 12.4. The maximum atomic E-state index is 12.9. The van der Waals surface area contributed by atoms with Crippen LogP contribution in [0.3, 0.4) is 0 Å². The first kappa shape index (κ1) is 18.6. The highest BCUT2D eigenvalue weighted by Crippen LogP contribution is 2.20. The van der Waals surface area contributed by atoms with E-state index in [4.69, 9.17) is 0 Å². The van der Waals surface area contributed by atoms with Gasteiger partial charge in [0.1, 0.15) is 11.4 Å². The molecular formula is C20H21N3O4S. The molecule has 0 spiro atoms. The lowest BCUT2D eigenvalue weighted by Crippen LogP contribution is -2.38. The van der Waals surface area contributed by atoms with Crippen molar-refractivity contribution in [3.05, 3.63) is 65.0 Å². The van der Waals surface area contributed by atoms with Crippen molar-refractivity contribution in [2.24, 2.45) is 0 Å². The molecule has 1 fully saturated rings. The second-order valence-corrected chi connectivity index (χ2v) is 9.46. The van der Waals surface area contributed by atoms with Crippen molar-refractivity contribution in [1.82, 2.24) is 15.2 Å². The van der Waals surface area contributed by atoms with Gasteiger partial charge in [-0.15, -0.1) is 0 Å². The van der Waals surface area contributed by atoms with Crippen molar-refractivity contribution < 1.29 is 18.0 Å². The summed E-state index contributed by atoms with van der Waals surface area (Å²) in [5.41, 5.74) is 2.70. The fraction of sp³-hybridized carbons (Fsp3) is 0.350. The number of carbonyl (C=O) groups excluding carboxylic acids is 2. The first-order valence-corrected chi connectivity index (χ1v) is 11.1. The Bertz CT molecular complexity index is 1040. The van der Waals surface area contributed by atoms with Gasteiger partial charge in [-0.05, 0) is 36.1 Å². The number of benzene rings is 1. The van der Waals surface area contributed by atoms with E-state index in [9.17, 15) is 18.0 Å². The summed E-state index contributed by atoms with van der Waals surface area (Å²) in [4.78, 5) is 31.3. The molecule has 7 nitrogen and oxygen atoms in total. The maximum Gasteiger partial charge on any atom is 0.272 e. The van der Waals surface area contributed by atoms with Crippen LogP contribution in [-0.2, 0) is 22.8 Å². The van der Waals surface area contributed by atoms with Gasteiger partial charge in [0.15, 0.2) is 9.84 Å². The lowest BCUT2D eigenvalue weighted by Gasteiger charge is -2.28. The minimum Gasteiger partial charge on any atom is -0.347 e. The van der Waals surface area contributed by atoms with Crippen LogP contribution in [0.1, 0.15) is 38.5 Å². The van der Waals surface area contributed by atoms with Crippen molar-refractivity contribution in [3.63, 3.8) is 0 Å². The lowest BCUT2D eigenvalue weighted by atomic mass is 10.00. The Morgan fingerprint density at radius 1 is 1.04 bits per heavy atom. The first-order valence-electron chi connectivity index (χ1n) is 9.26. The molecule has 1 aromatic heterocycles. The number of nitrogens with one attached hydrogen (secondary N) is 1. The van der Waals surface area contributed by atoms with Crippen molar-refractivity contribution >= 4 is 21.7 Å². The van der Waals surface area contributed by atoms with E-state index in [0.29, 0.717) is 19.5 Å². The van der Waals surface area contributed by atoms with Gasteiger partial charge in [0.25, 0.3) is 11.8 Å². The van der Waals surface area contributed by atoms with Gasteiger partial charge in [-0.2, -0.15) is 0 Å². The van der Waals surface area contributed by atoms with E-state index >= 15 is 0 Å². The van der Waals surface area contributed by atoms with Crippen molar-refractivity contribution in [3.8, 4) is 0 Å². The van der Waals surface area contributed by atoms with Crippen LogP contribution in [0.2, 0.25) is 0 Å². The van der Waals surface area contributed by atoms with E-state index in [-0.39, 0.29) is 28.8 Å². The van der Waals surface area contributed by atoms with E-state index in [1.165, 1.54) is 11.6 Å². The summed E-state index contributed by atoms with van der Waals surface area (Å²) in [5.74, 6) is -0.640. The van der Waals surface area contributed by atoms with Crippen LogP contribution < -0.4 is 5.32 Å². The number of carbonyl (C=O) groups is 2. The molecular weight excluding hydrogens is 378 g/mol. The quantitative estimate of drug-likeness (QED) is 0.837. The zero-order valence-corrected chi connectivity index (χ0v) is 16.1. The molecule has 1 unspecified atom stereocenters. The third-order valence-corrected chi connectivity index (χ3v) is 6.95. The minimum atomic E-state index is -3.08. The highest BCUT2D eigenvalue weighted by Gasteiger charge is 2.30. The number of rotatable bonds is 3. The van der Waals surface area contributed by atoms with Gasteiger partial charge < -0.3 is 10.2 Å². The van der Waals surface area contributed by atoms with Crippen LogP contribution in [0.4, 0.5) is 0 Å². The molecule has 0 radical (unpaired) electrons. The molecule has 2 aliphatic heterocycles. The average Bonchev–Trinajstić information content (AvgIpc) is 3.05. The molecule has 0 bridgehead atoms. The number of aromatic nitrogens is 1. The zero-order valence-electron chi connectivity index (χ0n) is 15.3. The number of hydrogen-bond acceptors (Lipinski definition) is 5. The predicted molar refractivity (Wildman–Crippen MR) is 104 cm³/mol. The summed E-state index contributed by atoms with van der Waals surface area (Å²) < 4.78 is 23.1. The first-order chi connectivity index (χ1) is 13.4. The van der Waals surface area contributed by atoms with Gasteiger partial charge >= 0.3 is 0 Å². The zero-order chi connectivity index (χ0) is 19.7. The third-order valence-electron chi connectivity index (χ3n) is 5.19. The molecule has 8 heteroatoms. The van der Waals surface area contributed by atoms with Crippen LogP contribution in [0, 0.1) is 0 Å². The maximum absolute atomic E-state index is 12.9. The van der Waals surface area contributed by atoms with E-state index < -0.39 is 21.8 Å². The van der Waals surface area contributed by atoms with Crippen molar-refractivity contribution in [1.29, 1.82) is 0 Å². The van der Waals surface area contributed by atoms with Crippen LogP contribution >= 0.6 is 0 Å². The Morgan fingerprint density at radius 2 is 1.79 bits per heavy atom. The molecule has 2 aromatic rings. The van der Waals surface area contributed by atoms with E-state index in [2.05, 4.69) is 16.4 Å². The van der Waals surface area contributed by atoms with Gasteiger partial charge in [-0.25, -0.2) is 13.4 Å². The lowest BCUT2D eigenvalue weighted by molar-refractivity contribution is 0.0728. The van der Waals surface area contributed by atoms with Crippen LogP contribution in [0.25, 0.3) is 0 Å². The van der Waals surface area contributed by atoms with Crippen LogP contribution in [-0.4, -0.2) is 54.2 Å². The minimum absolute atomic E-state index is 0.0510. The largest absolute Gasteiger partial charge is 0.347 e. The normalized spacial score (nSPS) is 20.4. The van der Waals surface area contributed by atoms with Crippen molar-refractivity contribution in [2.45, 2.75) is 25.4 Å². The molecule has 2 amide bonds. The molecule has 28 heavy (non-hydrogen) atoms. The number of sulfone groups is 1. The summed E-state index contributed by atoms with van der Waals surface area (Å²) in [6.07, 6.45) is 1.19. The highest BCUT2D eigenvalue weighted by atomic mass is 32.2. The number of nitrogens with zero attached hydrogens (tertiary/aromatic N) is 2. The number of pyridine rings is 1. The molecule has 0 saturated carbocycles. The standard InChI is InChI=1S/C20H21N3O4S/c24-19(21-16-9-11-28(26,27)13-16)17-6-3-7-18(22-17)20(25)23-10-8-14-4-1-2-5-15(14)12-23/h1-7,16H,8-13H2,(H,21,24). The van der Waals surface area contributed by atoms with Gasteiger partial charge in [0.05, 0.1) is 11.5 Å². The van der Waals surface area contributed by atoms with Gasteiger partial charge in [-0.1, -0.05) is 30.3 Å². The number of hydrogen-bond donors (Lipinski definition) is 1. The molecule has 1 atom stereocenters. The smallest absolute Gasteiger partial charge is 0.272 e. The molecule has 4 rings (SSSR count). The molecule has 2 aliphatic rings. The number of amides is 2. The SMILES string of the molecule is O=C(NC1CCS(=O)(=O)C1)c1cccc(C(=O)N2CCc3ccccc3C2)n1. The van der Waals surface area contributed by atoms with Gasteiger partial charge in [-0.3, -0.25) is 9.59 Å². The highest BCUT2D eigenvalue weighted by molar-refractivity contribution is 7.91. The predicted octanol–water partition coefficient (Wildman–Crippen LogP) is 1.20. The molecule has 0 aliphatic carbocycles. The Balaban J connectivity index is 1.46. The van der Waals surface area contributed by atoms with Crippen LogP contribution in [0.15, 0.2) is 42.5 Å². The Kier molecular flexibility index (Phi) is 4.89. The van der Waals surface area contributed by atoms with Gasteiger partial charge in [0.2, 0.25) is 0 Å². The Labute approximate surface area is 163 Å². The summed E-state index contributed by atoms with van der Waals surface area (Å²) >= 11 is 0. The summed E-state index contributed by atoms with van der Waals surface area (Å²) in [6.45, 7) is 1.13. The molecule has 3 heterocycles. The van der Waals surface area contributed by atoms with E-state index in [0.717, 1.165) is 12.0 Å². The van der Waals surface area contributed by atoms with E-state index in [1.807, 2.05) is 18.2 Å². The molecule has 146 valence electrons. The second kappa shape index (κ2) is 7.35. The fourth-order valence-electron chi connectivity index (χ4n) is 3.68. The number of fused-ring (bicyclic) bond motifs is 1. The Morgan fingerprint density at radius 3 is 2.54 bits per heavy atom. The van der Waals surface area contributed by atoms with E-state index in [1.54, 1.807) is 17.0 Å². The monoisotopic (exact) mass is 399 g/mol. The summed E-state index contributed by atoms with van der Waals surface area (Å²) in [7, 11) is -3.08. The van der Waals surface area contributed by atoms with Crippen molar-refractivity contribution in [2.75, 3.05) is 18.1 Å². The molecule has 1 saturated heterocycles. The second-order valence-electron chi connectivity index (χ2n) is 7.23. The topological polar surface area (TPSA) is 96.4 Å². The van der Waals surface area contributed by atoms with Crippen LogP contribution in [0.5, 0.6) is 0 Å². The Hall–Kier alpha value is -2.74. The fourth-order valence-corrected chi connectivity index (χ4v) is 5.35. The third kappa shape index (κ3) is 3.91.